The zero-order chi connectivity index (χ0) is 13.6. The molecule has 0 aliphatic heterocycles. The molecule has 4 N–H and O–H groups in total. The minimum Gasteiger partial charge on any atom is -0.481 e. The normalized spacial score (nSPS) is 19.4. The highest BCUT2D eigenvalue weighted by Crippen LogP contribution is 2.29. The monoisotopic (exact) mass is 256 g/mol. The highest BCUT2D eigenvalue weighted by molar-refractivity contribution is 5.78. The van der Waals surface area contributed by atoms with Crippen LogP contribution in [-0.4, -0.2) is 29.1 Å². The number of carbonyl (C=O) groups is 2. The lowest BCUT2D eigenvalue weighted by atomic mass is 9.94. The third kappa shape index (κ3) is 4.64. The molecule has 0 aromatic rings. The first-order chi connectivity index (χ1) is 8.47. The van der Waals surface area contributed by atoms with Crippen molar-refractivity contribution in [2.45, 2.75) is 57.4 Å². The Labute approximate surface area is 108 Å². The predicted molar refractivity (Wildman–Crippen MR) is 69.0 cm³/mol. The second-order valence-electron chi connectivity index (χ2n) is 5.37. The molecule has 1 aliphatic rings. The van der Waals surface area contributed by atoms with Gasteiger partial charge in [0.15, 0.2) is 0 Å². The van der Waals surface area contributed by atoms with Crippen molar-refractivity contribution in [2.75, 3.05) is 6.54 Å². The van der Waals surface area contributed by atoms with Crippen LogP contribution in [0.1, 0.15) is 51.9 Å². The van der Waals surface area contributed by atoms with Gasteiger partial charge in [-0.1, -0.05) is 26.2 Å². The Morgan fingerprint density at radius 2 is 2.00 bits per heavy atom. The summed E-state index contributed by atoms with van der Waals surface area (Å²) in [4.78, 5) is 22.7. The van der Waals surface area contributed by atoms with Crippen LogP contribution < -0.4 is 11.1 Å². The Balaban J connectivity index is 2.33. The minimum atomic E-state index is -0.847. The van der Waals surface area contributed by atoms with E-state index in [1.807, 2.05) is 6.92 Å². The molecule has 1 atom stereocenters. The van der Waals surface area contributed by atoms with Crippen LogP contribution in [0.3, 0.4) is 0 Å². The van der Waals surface area contributed by atoms with Crippen LogP contribution in [-0.2, 0) is 9.59 Å². The van der Waals surface area contributed by atoms with Crippen molar-refractivity contribution in [3.8, 4) is 0 Å². The number of carboxylic acids is 1. The van der Waals surface area contributed by atoms with Crippen molar-refractivity contribution in [3.63, 3.8) is 0 Å². The molecule has 0 bridgehead atoms. The number of nitrogens with one attached hydrogen (secondary N) is 1. The molecular formula is C13H24N2O3. The van der Waals surface area contributed by atoms with Crippen LogP contribution in [0, 0.1) is 5.92 Å². The van der Waals surface area contributed by atoms with Crippen molar-refractivity contribution in [1.29, 1.82) is 0 Å². The lowest BCUT2D eigenvalue weighted by molar-refractivity contribution is -0.141. The third-order valence-corrected chi connectivity index (χ3v) is 3.64. The smallest absolute Gasteiger partial charge is 0.308 e. The van der Waals surface area contributed by atoms with E-state index in [1.54, 1.807) is 0 Å². The number of carboxylic acid groups (broad SMARTS) is 1. The van der Waals surface area contributed by atoms with Crippen molar-refractivity contribution >= 4 is 11.9 Å². The number of hydrogen-bond acceptors (Lipinski definition) is 3. The molecule has 0 heterocycles. The molecule has 1 unspecified atom stereocenters. The zero-order valence-electron chi connectivity index (χ0n) is 11.1. The number of amides is 1. The first-order valence-corrected chi connectivity index (χ1v) is 6.75. The van der Waals surface area contributed by atoms with Crippen LogP contribution in [0.25, 0.3) is 0 Å². The van der Waals surface area contributed by atoms with E-state index >= 15 is 0 Å². The molecule has 5 nitrogen and oxygen atoms in total. The Morgan fingerprint density at radius 3 is 2.50 bits per heavy atom. The summed E-state index contributed by atoms with van der Waals surface area (Å²) in [6.45, 7) is 2.14. The SMILES string of the molecule is CCCC(CNC(=O)CC1(N)CCCC1)C(=O)O. The molecule has 0 spiro atoms. The highest BCUT2D eigenvalue weighted by Gasteiger charge is 2.31. The van der Waals surface area contributed by atoms with E-state index in [9.17, 15) is 9.59 Å². The van der Waals surface area contributed by atoms with Crippen LogP contribution >= 0.6 is 0 Å². The summed E-state index contributed by atoms with van der Waals surface area (Å²) in [5, 5.41) is 11.7. The van der Waals surface area contributed by atoms with Gasteiger partial charge >= 0.3 is 5.97 Å². The maximum Gasteiger partial charge on any atom is 0.308 e. The van der Waals surface area contributed by atoms with Crippen molar-refractivity contribution in [2.24, 2.45) is 11.7 Å². The highest BCUT2D eigenvalue weighted by atomic mass is 16.4. The first kappa shape index (κ1) is 15.0. The van der Waals surface area contributed by atoms with Gasteiger partial charge in [-0.2, -0.15) is 0 Å². The van der Waals surface area contributed by atoms with Crippen LogP contribution in [0.2, 0.25) is 0 Å². The molecule has 1 fully saturated rings. The molecule has 0 aromatic heterocycles. The summed E-state index contributed by atoms with van der Waals surface area (Å²) in [6.07, 6.45) is 5.63. The van der Waals surface area contributed by atoms with E-state index in [2.05, 4.69) is 5.32 Å². The third-order valence-electron chi connectivity index (χ3n) is 3.64. The lowest BCUT2D eigenvalue weighted by Crippen LogP contribution is -2.43. The number of aliphatic carboxylic acids is 1. The van der Waals surface area contributed by atoms with Crippen LogP contribution in [0.5, 0.6) is 0 Å². The van der Waals surface area contributed by atoms with Crippen molar-refractivity contribution in [1.82, 2.24) is 5.32 Å². The lowest BCUT2D eigenvalue weighted by Gasteiger charge is -2.23. The fourth-order valence-electron chi connectivity index (χ4n) is 2.54. The second-order valence-corrected chi connectivity index (χ2v) is 5.37. The quantitative estimate of drug-likeness (QED) is 0.639. The molecule has 1 amide bonds. The minimum absolute atomic E-state index is 0.123. The van der Waals surface area contributed by atoms with Gasteiger partial charge in [-0.3, -0.25) is 9.59 Å². The standard InChI is InChI=1S/C13H24N2O3/c1-2-5-10(12(17)18)9-15-11(16)8-13(14)6-3-4-7-13/h10H,2-9,14H2,1H3,(H,15,16)(H,17,18). The zero-order valence-corrected chi connectivity index (χ0v) is 11.1. The van der Waals surface area contributed by atoms with E-state index in [1.165, 1.54) is 0 Å². The largest absolute Gasteiger partial charge is 0.481 e. The summed E-state index contributed by atoms with van der Waals surface area (Å²) >= 11 is 0. The Kier molecular flexibility index (Phi) is 5.59. The van der Waals surface area contributed by atoms with Gasteiger partial charge in [0.1, 0.15) is 0 Å². The van der Waals surface area contributed by atoms with Gasteiger partial charge in [-0.15, -0.1) is 0 Å². The molecule has 104 valence electrons. The fraction of sp³-hybridized carbons (Fsp3) is 0.846. The van der Waals surface area contributed by atoms with Crippen LogP contribution in [0.15, 0.2) is 0 Å². The van der Waals surface area contributed by atoms with Gasteiger partial charge in [0.25, 0.3) is 0 Å². The van der Waals surface area contributed by atoms with Gasteiger partial charge in [0, 0.05) is 18.5 Å². The topological polar surface area (TPSA) is 92.4 Å². The maximum atomic E-state index is 11.8. The Bertz CT molecular complexity index is 299. The predicted octanol–water partition coefficient (Wildman–Crippen LogP) is 1.27. The summed E-state index contributed by atoms with van der Waals surface area (Å²) in [5.74, 6) is -1.46. The number of rotatable bonds is 7. The van der Waals surface area contributed by atoms with E-state index < -0.39 is 11.9 Å². The molecule has 0 saturated heterocycles. The van der Waals surface area contributed by atoms with E-state index in [4.69, 9.17) is 10.8 Å². The Hall–Kier alpha value is -1.10. The van der Waals surface area contributed by atoms with Crippen LogP contribution in [0.4, 0.5) is 0 Å². The van der Waals surface area contributed by atoms with Gasteiger partial charge < -0.3 is 16.2 Å². The summed E-state index contributed by atoms with van der Waals surface area (Å²) in [6, 6.07) is 0. The average molecular weight is 256 g/mol. The molecule has 1 aliphatic carbocycles. The van der Waals surface area contributed by atoms with Crippen molar-refractivity contribution < 1.29 is 14.7 Å². The van der Waals surface area contributed by atoms with Gasteiger partial charge in [-0.05, 0) is 19.3 Å². The van der Waals surface area contributed by atoms with Gasteiger partial charge in [0.2, 0.25) is 5.91 Å². The summed E-state index contributed by atoms with van der Waals surface area (Å²) < 4.78 is 0. The Morgan fingerprint density at radius 1 is 1.39 bits per heavy atom. The summed E-state index contributed by atoms with van der Waals surface area (Å²) in [5.41, 5.74) is 5.74. The molecular weight excluding hydrogens is 232 g/mol. The second kappa shape index (κ2) is 6.73. The van der Waals surface area contributed by atoms with Gasteiger partial charge in [0.05, 0.1) is 5.92 Å². The number of carbonyl (C=O) groups excluding carboxylic acids is 1. The molecule has 0 radical (unpaired) electrons. The molecule has 5 heteroatoms. The number of nitrogens with two attached hydrogens (primary N) is 1. The van der Waals surface area contributed by atoms with E-state index in [0.717, 1.165) is 32.1 Å². The maximum absolute atomic E-state index is 11.8. The van der Waals surface area contributed by atoms with E-state index in [0.29, 0.717) is 12.8 Å². The molecule has 18 heavy (non-hydrogen) atoms. The fourth-order valence-corrected chi connectivity index (χ4v) is 2.54. The van der Waals surface area contributed by atoms with Crippen molar-refractivity contribution in [3.05, 3.63) is 0 Å². The average Bonchev–Trinajstić information content (AvgIpc) is 2.70. The number of hydrogen-bond donors (Lipinski definition) is 3. The van der Waals surface area contributed by atoms with Gasteiger partial charge in [-0.25, -0.2) is 0 Å². The van der Waals surface area contributed by atoms with E-state index in [-0.39, 0.29) is 18.0 Å². The first-order valence-electron chi connectivity index (χ1n) is 6.75. The molecule has 1 rings (SSSR count). The molecule has 1 saturated carbocycles. The molecule has 0 aromatic carbocycles. The summed E-state index contributed by atoms with van der Waals surface area (Å²) in [7, 11) is 0.